The zero-order valence-electron chi connectivity index (χ0n) is 17.3. The SMILES string of the molecule is CCOc1ccc(NC(=O)Cn2nnc(-c3ccc(OCC)c(OCC)c3)n2)cc1. The fraction of sp³-hybridized carbons (Fsp3) is 0.333. The molecule has 1 amide bonds. The lowest BCUT2D eigenvalue weighted by molar-refractivity contribution is -0.117. The monoisotopic (exact) mass is 411 g/mol. The van der Waals surface area contributed by atoms with Crippen LogP contribution in [0, 0.1) is 0 Å². The highest BCUT2D eigenvalue weighted by Crippen LogP contribution is 2.31. The van der Waals surface area contributed by atoms with E-state index in [0.29, 0.717) is 42.8 Å². The van der Waals surface area contributed by atoms with Gasteiger partial charge in [0.2, 0.25) is 11.7 Å². The molecule has 0 aliphatic heterocycles. The molecule has 0 spiro atoms. The second-order valence-corrected chi connectivity index (χ2v) is 6.18. The van der Waals surface area contributed by atoms with Crippen LogP contribution in [0.5, 0.6) is 17.2 Å². The highest BCUT2D eigenvalue weighted by atomic mass is 16.5. The summed E-state index contributed by atoms with van der Waals surface area (Å²) >= 11 is 0. The van der Waals surface area contributed by atoms with Gasteiger partial charge in [-0.1, -0.05) is 0 Å². The summed E-state index contributed by atoms with van der Waals surface area (Å²) in [6, 6.07) is 12.6. The van der Waals surface area contributed by atoms with Crippen molar-refractivity contribution in [2.24, 2.45) is 0 Å². The third-order valence-electron chi connectivity index (χ3n) is 3.99. The summed E-state index contributed by atoms with van der Waals surface area (Å²) in [4.78, 5) is 13.5. The molecule has 0 unspecified atom stereocenters. The molecule has 0 aliphatic rings. The Morgan fingerprint density at radius 3 is 2.33 bits per heavy atom. The first-order valence-corrected chi connectivity index (χ1v) is 9.83. The van der Waals surface area contributed by atoms with Crippen LogP contribution < -0.4 is 19.5 Å². The average Bonchev–Trinajstić information content (AvgIpc) is 3.19. The van der Waals surface area contributed by atoms with Gasteiger partial charge in [0.15, 0.2) is 11.5 Å². The largest absolute Gasteiger partial charge is 0.494 e. The van der Waals surface area contributed by atoms with Crippen molar-refractivity contribution in [3.8, 4) is 28.6 Å². The first-order chi connectivity index (χ1) is 14.6. The summed E-state index contributed by atoms with van der Waals surface area (Å²) in [5, 5.41) is 15.1. The van der Waals surface area contributed by atoms with E-state index < -0.39 is 0 Å². The highest BCUT2D eigenvalue weighted by Gasteiger charge is 2.13. The third-order valence-corrected chi connectivity index (χ3v) is 3.99. The van der Waals surface area contributed by atoms with Gasteiger partial charge >= 0.3 is 0 Å². The van der Waals surface area contributed by atoms with Crippen molar-refractivity contribution in [2.75, 3.05) is 25.1 Å². The molecule has 30 heavy (non-hydrogen) atoms. The lowest BCUT2D eigenvalue weighted by Crippen LogP contribution is -2.20. The standard InChI is InChI=1S/C21H25N5O4/c1-4-28-17-10-8-16(9-11-17)22-20(27)14-26-24-21(23-25-26)15-7-12-18(29-5-2)19(13-15)30-6-3/h7-13H,4-6,14H2,1-3H3,(H,22,27). The van der Waals surface area contributed by atoms with Crippen molar-refractivity contribution in [3.05, 3.63) is 42.5 Å². The van der Waals surface area contributed by atoms with E-state index in [1.807, 2.05) is 32.9 Å². The number of rotatable bonds is 10. The molecule has 0 aliphatic carbocycles. The van der Waals surface area contributed by atoms with Crippen LogP contribution in [0.4, 0.5) is 5.69 Å². The molecule has 0 radical (unpaired) electrons. The summed E-state index contributed by atoms with van der Waals surface area (Å²) in [5.41, 5.74) is 1.39. The molecule has 9 nitrogen and oxygen atoms in total. The number of carbonyl (C=O) groups excluding carboxylic acids is 1. The number of hydrogen-bond acceptors (Lipinski definition) is 7. The van der Waals surface area contributed by atoms with Crippen LogP contribution >= 0.6 is 0 Å². The summed E-state index contributed by atoms with van der Waals surface area (Å²) in [6.07, 6.45) is 0. The Hall–Kier alpha value is -3.62. The Morgan fingerprint density at radius 1 is 0.933 bits per heavy atom. The lowest BCUT2D eigenvalue weighted by atomic mass is 10.2. The minimum absolute atomic E-state index is 0.0600. The number of benzene rings is 2. The number of amides is 1. The van der Waals surface area contributed by atoms with Crippen LogP contribution in [0.3, 0.4) is 0 Å². The summed E-state index contributed by atoms with van der Waals surface area (Å²) < 4.78 is 16.6. The van der Waals surface area contributed by atoms with E-state index in [4.69, 9.17) is 14.2 Å². The topological polar surface area (TPSA) is 100 Å². The average molecular weight is 411 g/mol. The predicted octanol–water partition coefficient (Wildman–Crippen LogP) is 3.17. The highest BCUT2D eigenvalue weighted by molar-refractivity contribution is 5.90. The third kappa shape index (κ3) is 5.47. The van der Waals surface area contributed by atoms with E-state index in [1.54, 1.807) is 30.3 Å². The molecule has 0 bridgehead atoms. The number of nitrogens with zero attached hydrogens (tertiary/aromatic N) is 4. The summed E-state index contributed by atoms with van der Waals surface area (Å²) in [6.45, 7) is 7.31. The van der Waals surface area contributed by atoms with E-state index in [9.17, 15) is 4.79 Å². The normalized spacial score (nSPS) is 10.5. The van der Waals surface area contributed by atoms with Gasteiger partial charge in [-0.2, -0.15) is 4.80 Å². The maximum absolute atomic E-state index is 12.3. The summed E-state index contributed by atoms with van der Waals surface area (Å²) in [7, 11) is 0. The van der Waals surface area contributed by atoms with E-state index in [2.05, 4.69) is 20.7 Å². The summed E-state index contributed by atoms with van der Waals surface area (Å²) in [5.74, 6) is 2.16. The molecule has 9 heteroatoms. The van der Waals surface area contributed by atoms with Gasteiger partial charge in [-0.05, 0) is 68.4 Å². The van der Waals surface area contributed by atoms with E-state index >= 15 is 0 Å². The minimum Gasteiger partial charge on any atom is -0.494 e. The molecular weight excluding hydrogens is 386 g/mol. The van der Waals surface area contributed by atoms with Gasteiger partial charge in [0.1, 0.15) is 12.3 Å². The molecule has 0 saturated carbocycles. The Labute approximate surface area is 175 Å². The van der Waals surface area contributed by atoms with Gasteiger partial charge in [0, 0.05) is 11.3 Å². The maximum atomic E-state index is 12.3. The number of carbonyl (C=O) groups is 1. The van der Waals surface area contributed by atoms with Crippen LogP contribution in [-0.4, -0.2) is 45.9 Å². The number of nitrogens with one attached hydrogen (secondary N) is 1. The molecule has 3 aromatic rings. The molecule has 1 aromatic heterocycles. The first-order valence-electron chi connectivity index (χ1n) is 9.83. The molecule has 0 atom stereocenters. The van der Waals surface area contributed by atoms with Crippen LogP contribution in [0.1, 0.15) is 20.8 Å². The van der Waals surface area contributed by atoms with Crippen LogP contribution in [0.25, 0.3) is 11.4 Å². The van der Waals surface area contributed by atoms with Crippen LogP contribution in [0.2, 0.25) is 0 Å². The Morgan fingerprint density at radius 2 is 1.63 bits per heavy atom. The van der Waals surface area contributed by atoms with E-state index in [1.165, 1.54) is 4.80 Å². The van der Waals surface area contributed by atoms with E-state index in [-0.39, 0.29) is 12.5 Å². The second kappa shape index (κ2) is 10.2. The van der Waals surface area contributed by atoms with Crippen molar-refractivity contribution < 1.29 is 19.0 Å². The van der Waals surface area contributed by atoms with Gasteiger partial charge in [-0.15, -0.1) is 10.2 Å². The molecule has 158 valence electrons. The van der Waals surface area contributed by atoms with Crippen molar-refractivity contribution in [3.63, 3.8) is 0 Å². The lowest BCUT2D eigenvalue weighted by Gasteiger charge is -2.11. The fourth-order valence-corrected chi connectivity index (χ4v) is 2.75. The van der Waals surface area contributed by atoms with Crippen molar-refractivity contribution in [1.29, 1.82) is 0 Å². The van der Waals surface area contributed by atoms with Gasteiger partial charge in [0.05, 0.1) is 19.8 Å². The molecule has 3 rings (SSSR count). The number of ether oxygens (including phenoxy) is 3. The van der Waals surface area contributed by atoms with Gasteiger partial charge in [-0.3, -0.25) is 4.79 Å². The Bertz CT molecular complexity index is 972. The van der Waals surface area contributed by atoms with Gasteiger partial charge in [-0.25, -0.2) is 0 Å². The first kappa shape index (κ1) is 21.1. The number of anilines is 1. The Balaban J connectivity index is 1.65. The number of hydrogen-bond donors (Lipinski definition) is 1. The van der Waals surface area contributed by atoms with Gasteiger partial charge in [0.25, 0.3) is 0 Å². The maximum Gasteiger partial charge on any atom is 0.248 e. The van der Waals surface area contributed by atoms with Crippen LogP contribution in [-0.2, 0) is 11.3 Å². The molecule has 0 fully saturated rings. The Kier molecular flexibility index (Phi) is 7.20. The molecule has 1 N–H and O–H groups in total. The number of tetrazole rings is 1. The molecule has 0 saturated heterocycles. The molecule has 1 heterocycles. The number of aromatic nitrogens is 4. The molecular formula is C21H25N5O4. The smallest absolute Gasteiger partial charge is 0.248 e. The van der Waals surface area contributed by atoms with Crippen molar-refractivity contribution >= 4 is 11.6 Å². The predicted molar refractivity (Wildman–Crippen MR) is 112 cm³/mol. The van der Waals surface area contributed by atoms with Gasteiger partial charge < -0.3 is 19.5 Å². The minimum atomic E-state index is -0.259. The molecule has 2 aromatic carbocycles. The zero-order chi connectivity index (χ0) is 21.3. The quantitative estimate of drug-likeness (QED) is 0.547. The van der Waals surface area contributed by atoms with Crippen molar-refractivity contribution in [2.45, 2.75) is 27.3 Å². The second-order valence-electron chi connectivity index (χ2n) is 6.18. The van der Waals surface area contributed by atoms with Crippen molar-refractivity contribution in [1.82, 2.24) is 20.2 Å². The van der Waals surface area contributed by atoms with E-state index in [0.717, 1.165) is 11.3 Å². The zero-order valence-corrected chi connectivity index (χ0v) is 17.3. The van der Waals surface area contributed by atoms with Crippen LogP contribution in [0.15, 0.2) is 42.5 Å². The fourth-order valence-electron chi connectivity index (χ4n) is 2.75.